The molecule has 23 heavy (non-hydrogen) atoms. The lowest BCUT2D eigenvalue weighted by atomic mass is 10.2. The van der Waals surface area contributed by atoms with Gasteiger partial charge in [-0.15, -0.1) is 0 Å². The first-order valence-corrected chi connectivity index (χ1v) is 7.85. The molecule has 0 radical (unpaired) electrons. The van der Waals surface area contributed by atoms with Crippen molar-refractivity contribution in [3.8, 4) is 11.3 Å². The van der Waals surface area contributed by atoms with Gasteiger partial charge in [0, 0.05) is 24.2 Å². The lowest BCUT2D eigenvalue weighted by molar-refractivity contribution is 0.920. The number of rotatable bonds is 5. The summed E-state index contributed by atoms with van der Waals surface area (Å²) >= 11 is 6.06. The topological polar surface area (TPSA) is 29.9 Å². The predicted molar refractivity (Wildman–Crippen MR) is 97.6 cm³/mol. The monoisotopic (exact) mass is 323 g/mol. The Balaban J connectivity index is 1.67. The fourth-order valence-electron chi connectivity index (χ4n) is 2.40. The number of imidazole rings is 1. The van der Waals surface area contributed by atoms with E-state index in [1.165, 1.54) is 5.56 Å². The molecule has 0 spiro atoms. The molecule has 0 atom stereocenters. The Bertz CT molecular complexity index is 806. The van der Waals surface area contributed by atoms with Crippen LogP contribution in [0.15, 0.2) is 66.9 Å². The van der Waals surface area contributed by atoms with Crippen molar-refractivity contribution >= 4 is 23.6 Å². The van der Waals surface area contributed by atoms with Gasteiger partial charge >= 0.3 is 0 Å². The summed E-state index contributed by atoms with van der Waals surface area (Å²) in [6.07, 6.45) is 6.03. The lowest BCUT2D eigenvalue weighted by Crippen LogP contribution is -2.05. The molecule has 1 aromatic heterocycles. The third kappa shape index (κ3) is 3.82. The molecule has 3 nitrogen and oxygen atoms in total. The number of nitrogens with one attached hydrogen (secondary N) is 1. The Hall–Kier alpha value is -2.52. The zero-order valence-corrected chi connectivity index (χ0v) is 13.7. The number of benzene rings is 2. The molecule has 3 rings (SSSR count). The van der Waals surface area contributed by atoms with E-state index in [0.29, 0.717) is 6.54 Å². The molecule has 3 aromatic rings. The molecule has 4 heteroatoms. The fraction of sp³-hybridized carbons (Fsp3) is 0.105. The van der Waals surface area contributed by atoms with Crippen LogP contribution in [0.3, 0.4) is 0 Å². The van der Waals surface area contributed by atoms with Gasteiger partial charge in [-0.25, -0.2) is 4.98 Å². The SMILES string of the molecule is Cn1c(-c2cccc(Cl)c2)cnc1NC/C=C/c1ccccc1. The van der Waals surface area contributed by atoms with Gasteiger partial charge in [-0.3, -0.25) is 0 Å². The van der Waals surface area contributed by atoms with Crippen LogP contribution < -0.4 is 5.32 Å². The Morgan fingerprint density at radius 2 is 1.96 bits per heavy atom. The largest absolute Gasteiger partial charge is 0.352 e. The van der Waals surface area contributed by atoms with Crippen LogP contribution in [-0.4, -0.2) is 16.1 Å². The van der Waals surface area contributed by atoms with Gasteiger partial charge in [0.15, 0.2) is 0 Å². The molecule has 0 aliphatic carbocycles. The van der Waals surface area contributed by atoms with Crippen molar-refractivity contribution in [2.75, 3.05) is 11.9 Å². The minimum atomic E-state index is 0.717. The van der Waals surface area contributed by atoms with Crippen LogP contribution >= 0.6 is 11.6 Å². The summed E-state index contributed by atoms with van der Waals surface area (Å²) in [6.45, 7) is 0.717. The number of hydrogen-bond acceptors (Lipinski definition) is 2. The quantitative estimate of drug-likeness (QED) is 0.726. The van der Waals surface area contributed by atoms with E-state index in [0.717, 1.165) is 22.2 Å². The molecule has 0 saturated carbocycles. The molecular formula is C19H18ClN3. The molecule has 0 amide bonds. The van der Waals surface area contributed by atoms with E-state index in [4.69, 9.17) is 11.6 Å². The first-order valence-electron chi connectivity index (χ1n) is 7.47. The van der Waals surface area contributed by atoms with Crippen molar-refractivity contribution in [1.82, 2.24) is 9.55 Å². The van der Waals surface area contributed by atoms with E-state index in [-0.39, 0.29) is 0 Å². The van der Waals surface area contributed by atoms with Gasteiger partial charge in [0.05, 0.1) is 11.9 Å². The van der Waals surface area contributed by atoms with Crippen molar-refractivity contribution in [2.24, 2.45) is 7.05 Å². The van der Waals surface area contributed by atoms with Crippen LogP contribution in [0.1, 0.15) is 5.56 Å². The highest BCUT2D eigenvalue weighted by atomic mass is 35.5. The maximum Gasteiger partial charge on any atom is 0.203 e. The molecule has 0 saturated heterocycles. The maximum absolute atomic E-state index is 6.06. The second kappa shape index (κ2) is 7.16. The van der Waals surface area contributed by atoms with Gasteiger partial charge in [0.2, 0.25) is 5.95 Å². The minimum Gasteiger partial charge on any atom is -0.352 e. The molecule has 1 N–H and O–H groups in total. The van der Waals surface area contributed by atoms with Gasteiger partial charge in [0.25, 0.3) is 0 Å². The highest BCUT2D eigenvalue weighted by Gasteiger charge is 2.07. The van der Waals surface area contributed by atoms with Crippen molar-refractivity contribution < 1.29 is 0 Å². The fourth-order valence-corrected chi connectivity index (χ4v) is 2.59. The third-order valence-electron chi connectivity index (χ3n) is 3.60. The highest BCUT2D eigenvalue weighted by molar-refractivity contribution is 6.30. The van der Waals surface area contributed by atoms with E-state index in [1.807, 2.05) is 60.3 Å². The Morgan fingerprint density at radius 3 is 2.74 bits per heavy atom. The zero-order valence-electron chi connectivity index (χ0n) is 12.9. The van der Waals surface area contributed by atoms with E-state index in [2.05, 4.69) is 34.6 Å². The molecule has 116 valence electrons. The maximum atomic E-state index is 6.06. The highest BCUT2D eigenvalue weighted by Crippen LogP contribution is 2.24. The number of anilines is 1. The Morgan fingerprint density at radius 1 is 1.13 bits per heavy atom. The van der Waals surface area contributed by atoms with Gasteiger partial charge in [-0.1, -0.05) is 66.2 Å². The summed E-state index contributed by atoms with van der Waals surface area (Å²) in [7, 11) is 1.99. The molecular weight excluding hydrogens is 306 g/mol. The summed E-state index contributed by atoms with van der Waals surface area (Å²) in [6, 6.07) is 18.0. The van der Waals surface area contributed by atoms with Crippen LogP contribution in [0, 0.1) is 0 Å². The van der Waals surface area contributed by atoms with Crippen LogP contribution in [0.2, 0.25) is 5.02 Å². The first kappa shape index (κ1) is 15.4. The van der Waals surface area contributed by atoms with E-state index in [9.17, 15) is 0 Å². The molecule has 2 aromatic carbocycles. The van der Waals surface area contributed by atoms with E-state index < -0.39 is 0 Å². The lowest BCUT2D eigenvalue weighted by Gasteiger charge is -2.07. The van der Waals surface area contributed by atoms with Crippen LogP contribution in [0.25, 0.3) is 17.3 Å². The normalized spacial score (nSPS) is 11.0. The van der Waals surface area contributed by atoms with Crippen molar-refractivity contribution in [3.05, 3.63) is 77.5 Å². The third-order valence-corrected chi connectivity index (χ3v) is 3.83. The number of aromatic nitrogens is 2. The predicted octanol–water partition coefficient (Wildman–Crippen LogP) is 4.87. The Kier molecular flexibility index (Phi) is 4.79. The van der Waals surface area contributed by atoms with Gasteiger partial charge in [0.1, 0.15) is 0 Å². The Labute approximate surface area is 141 Å². The van der Waals surface area contributed by atoms with E-state index in [1.54, 1.807) is 0 Å². The first-order chi connectivity index (χ1) is 11.2. The summed E-state index contributed by atoms with van der Waals surface area (Å²) in [4.78, 5) is 4.44. The van der Waals surface area contributed by atoms with Crippen molar-refractivity contribution in [2.45, 2.75) is 0 Å². The zero-order chi connectivity index (χ0) is 16.1. The van der Waals surface area contributed by atoms with E-state index >= 15 is 0 Å². The van der Waals surface area contributed by atoms with Crippen LogP contribution in [0.4, 0.5) is 5.95 Å². The van der Waals surface area contributed by atoms with Gasteiger partial charge in [-0.2, -0.15) is 0 Å². The van der Waals surface area contributed by atoms with Crippen LogP contribution in [-0.2, 0) is 7.05 Å². The molecule has 1 heterocycles. The summed E-state index contributed by atoms with van der Waals surface area (Å²) in [5.41, 5.74) is 3.27. The van der Waals surface area contributed by atoms with Crippen molar-refractivity contribution in [3.63, 3.8) is 0 Å². The van der Waals surface area contributed by atoms with Gasteiger partial charge in [-0.05, 0) is 17.7 Å². The average molecular weight is 324 g/mol. The molecule has 0 fully saturated rings. The number of hydrogen-bond donors (Lipinski definition) is 1. The standard InChI is InChI=1S/C19H18ClN3/c1-23-18(16-10-5-11-17(20)13-16)14-22-19(23)21-12-6-9-15-7-3-2-4-8-15/h2-11,13-14H,12H2,1H3,(H,21,22)/b9-6+. The summed E-state index contributed by atoms with van der Waals surface area (Å²) in [5, 5.41) is 4.05. The molecule has 0 aliphatic heterocycles. The second-order valence-corrected chi connectivity index (χ2v) is 5.67. The number of halogens is 1. The average Bonchev–Trinajstić information content (AvgIpc) is 2.93. The molecule has 0 bridgehead atoms. The van der Waals surface area contributed by atoms with Gasteiger partial charge < -0.3 is 9.88 Å². The second-order valence-electron chi connectivity index (χ2n) is 5.23. The molecule has 0 aliphatic rings. The summed E-state index contributed by atoms with van der Waals surface area (Å²) in [5.74, 6) is 0.831. The van der Waals surface area contributed by atoms with Crippen molar-refractivity contribution in [1.29, 1.82) is 0 Å². The number of nitrogens with zero attached hydrogens (tertiary/aromatic N) is 2. The summed E-state index contributed by atoms with van der Waals surface area (Å²) < 4.78 is 2.03. The van der Waals surface area contributed by atoms with Crippen LogP contribution in [0.5, 0.6) is 0 Å². The minimum absolute atomic E-state index is 0.717. The molecule has 0 unspecified atom stereocenters. The smallest absolute Gasteiger partial charge is 0.203 e.